The van der Waals surface area contributed by atoms with Gasteiger partial charge in [0.15, 0.2) is 0 Å². The Hall–Kier alpha value is -1.26. The molecule has 4 N–H and O–H groups in total. The average Bonchev–Trinajstić information content (AvgIpc) is 3.51. The third-order valence-electron chi connectivity index (χ3n) is 4.06. The lowest BCUT2D eigenvalue weighted by molar-refractivity contribution is -0.148. The Morgan fingerprint density at radius 2 is 0.880 bits per heavy atom. The van der Waals surface area contributed by atoms with E-state index in [1.165, 1.54) is 0 Å². The summed E-state index contributed by atoms with van der Waals surface area (Å²) in [6.07, 6.45) is 2.77. The van der Waals surface area contributed by atoms with Gasteiger partial charge in [-0.3, -0.25) is 9.59 Å². The first-order valence-electron chi connectivity index (χ1n) is 8.62. The minimum absolute atomic E-state index is 0.198. The largest absolute Gasteiger partial charge is 0.462 e. The van der Waals surface area contributed by atoms with Crippen LogP contribution in [-0.2, 0) is 33.3 Å². The molecule has 144 valence electrons. The van der Waals surface area contributed by atoms with Crippen LogP contribution in [0, 0.1) is 0 Å². The van der Waals surface area contributed by atoms with Crippen LogP contribution in [0.4, 0.5) is 0 Å². The van der Waals surface area contributed by atoms with Crippen molar-refractivity contribution in [2.24, 2.45) is 11.5 Å². The zero-order chi connectivity index (χ0) is 18.2. The fourth-order valence-corrected chi connectivity index (χ4v) is 1.89. The van der Waals surface area contributed by atoms with Crippen molar-refractivity contribution < 1.29 is 33.3 Å². The van der Waals surface area contributed by atoms with Crippen molar-refractivity contribution in [2.45, 2.75) is 36.8 Å². The summed E-state index contributed by atoms with van der Waals surface area (Å²) < 4.78 is 25.9. The first kappa shape index (κ1) is 20.1. The predicted octanol–water partition coefficient (Wildman–Crippen LogP) is -0.895. The molecule has 0 spiro atoms. The molecule has 0 heterocycles. The lowest BCUT2D eigenvalue weighted by Gasteiger charge is -2.10. The van der Waals surface area contributed by atoms with E-state index in [0.717, 1.165) is 0 Å². The maximum atomic E-state index is 11.4. The maximum absolute atomic E-state index is 11.4. The molecule has 0 atom stereocenters. The maximum Gasteiger partial charge on any atom is 0.326 e. The SMILES string of the molecule is NC1(C(=O)OCCOCCOCCOCCOC(=O)C2(N)CC2)CC1. The lowest BCUT2D eigenvalue weighted by atomic mass is 10.3. The van der Waals surface area contributed by atoms with Crippen LogP contribution < -0.4 is 11.5 Å². The number of rotatable bonds is 14. The molecule has 2 aliphatic carbocycles. The van der Waals surface area contributed by atoms with Gasteiger partial charge in [0.05, 0.1) is 39.6 Å². The molecule has 0 amide bonds. The van der Waals surface area contributed by atoms with E-state index in [1.807, 2.05) is 0 Å². The molecule has 2 rings (SSSR count). The van der Waals surface area contributed by atoms with Crippen LogP contribution in [0.2, 0.25) is 0 Å². The Balaban J connectivity index is 1.27. The Bertz CT molecular complexity index is 410. The van der Waals surface area contributed by atoms with E-state index >= 15 is 0 Å². The highest BCUT2D eigenvalue weighted by Gasteiger charge is 2.48. The van der Waals surface area contributed by atoms with Crippen molar-refractivity contribution in [3.05, 3.63) is 0 Å². The van der Waals surface area contributed by atoms with E-state index in [1.54, 1.807) is 0 Å². The third kappa shape index (κ3) is 7.25. The Kier molecular flexibility index (Phi) is 7.57. The molecule has 2 aliphatic rings. The summed E-state index contributed by atoms with van der Waals surface area (Å²) in [5, 5.41) is 0. The highest BCUT2D eigenvalue weighted by molar-refractivity contribution is 5.84. The van der Waals surface area contributed by atoms with Crippen molar-refractivity contribution in [1.82, 2.24) is 0 Å². The highest BCUT2D eigenvalue weighted by atomic mass is 16.6. The molecule has 0 aromatic heterocycles. The second-order valence-electron chi connectivity index (χ2n) is 6.42. The molecule has 0 bridgehead atoms. The molecule has 0 aromatic carbocycles. The van der Waals surface area contributed by atoms with Gasteiger partial charge in [0.2, 0.25) is 0 Å². The molecule has 0 aromatic rings. The van der Waals surface area contributed by atoms with E-state index in [4.69, 9.17) is 35.2 Å². The van der Waals surface area contributed by atoms with Gasteiger partial charge in [0, 0.05) is 0 Å². The fraction of sp³-hybridized carbons (Fsp3) is 0.875. The van der Waals surface area contributed by atoms with Gasteiger partial charge in [-0.25, -0.2) is 0 Å². The summed E-state index contributed by atoms with van der Waals surface area (Å²) >= 11 is 0. The van der Waals surface area contributed by atoms with Crippen LogP contribution in [0.5, 0.6) is 0 Å². The van der Waals surface area contributed by atoms with Crippen LogP contribution >= 0.6 is 0 Å². The van der Waals surface area contributed by atoms with Gasteiger partial charge >= 0.3 is 11.9 Å². The van der Waals surface area contributed by atoms with Gasteiger partial charge in [0.25, 0.3) is 0 Å². The summed E-state index contributed by atoms with van der Waals surface area (Å²) in [6, 6.07) is 0. The minimum Gasteiger partial charge on any atom is -0.462 e. The van der Waals surface area contributed by atoms with Crippen molar-refractivity contribution in [1.29, 1.82) is 0 Å². The molecule has 25 heavy (non-hydrogen) atoms. The Morgan fingerprint density at radius 3 is 1.16 bits per heavy atom. The van der Waals surface area contributed by atoms with Gasteiger partial charge < -0.3 is 35.2 Å². The van der Waals surface area contributed by atoms with Gasteiger partial charge in [0.1, 0.15) is 24.3 Å². The van der Waals surface area contributed by atoms with Crippen molar-refractivity contribution in [2.75, 3.05) is 52.9 Å². The molecule has 0 unspecified atom stereocenters. The molecule has 9 heteroatoms. The van der Waals surface area contributed by atoms with Crippen LogP contribution in [0.1, 0.15) is 25.7 Å². The van der Waals surface area contributed by atoms with Crippen LogP contribution in [0.15, 0.2) is 0 Å². The van der Waals surface area contributed by atoms with E-state index in [2.05, 4.69) is 0 Å². The summed E-state index contributed by atoms with van der Waals surface area (Å²) in [5.41, 5.74) is 9.89. The van der Waals surface area contributed by atoms with Gasteiger partial charge in [-0.15, -0.1) is 0 Å². The third-order valence-corrected chi connectivity index (χ3v) is 4.06. The second kappa shape index (κ2) is 9.44. The average molecular weight is 360 g/mol. The van der Waals surface area contributed by atoms with Crippen LogP contribution in [0.3, 0.4) is 0 Å². The standard InChI is InChI=1S/C16H28N2O7/c17-15(1-2-15)13(19)24-11-9-22-7-5-21-6-8-23-10-12-25-14(20)16(18)3-4-16/h1-12,17-18H2. The molecule has 0 radical (unpaired) electrons. The quantitative estimate of drug-likeness (QED) is 0.299. The van der Waals surface area contributed by atoms with E-state index in [-0.39, 0.29) is 25.2 Å². The molecule has 0 saturated heterocycles. The van der Waals surface area contributed by atoms with Crippen molar-refractivity contribution >= 4 is 11.9 Å². The molecule has 9 nitrogen and oxygen atoms in total. The molecular formula is C16H28N2O7. The summed E-state index contributed by atoms with van der Waals surface area (Å²) in [7, 11) is 0. The van der Waals surface area contributed by atoms with Crippen molar-refractivity contribution in [3.8, 4) is 0 Å². The predicted molar refractivity (Wildman–Crippen MR) is 86.7 cm³/mol. The summed E-state index contributed by atoms with van der Waals surface area (Å²) in [4.78, 5) is 22.8. The van der Waals surface area contributed by atoms with E-state index in [0.29, 0.717) is 65.3 Å². The monoisotopic (exact) mass is 360 g/mol. The first-order valence-corrected chi connectivity index (χ1v) is 8.62. The normalized spacial score (nSPS) is 19.3. The zero-order valence-corrected chi connectivity index (χ0v) is 14.5. The van der Waals surface area contributed by atoms with Crippen LogP contribution in [-0.4, -0.2) is 75.9 Å². The number of carbonyl (C=O) groups is 2. The number of hydrogen-bond donors (Lipinski definition) is 2. The zero-order valence-electron chi connectivity index (χ0n) is 14.5. The fourth-order valence-electron chi connectivity index (χ4n) is 1.89. The molecular weight excluding hydrogens is 332 g/mol. The van der Waals surface area contributed by atoms with Gasteiger partial charge in [-0.2, -0.15) is 0 Å². The Labute approximate surface area is 147 Å². The smallest absolute Gasteiger partial charge is 0.326 e. The van der Waals surface area contributed by atoms with Crippen LogP contribution in [0.25, 0.3) is 0 Å². The highest BCUT2D eigenvalue weighted by Crippen LogP contribution is 2.33. The minimum atomic E-state index is -0.745. The second-order valence-corrected chi connectivity index (χ2v) is 6.42. The van der Waals surface area contributed by atoms with E-state index in [9.17, 15) is 9.59 Å². The van der Waals surface area contributed by atoms with Gasteiger partial charge in [-0.05, 0) is 25.7 Å². The summed E-state index contributed by atoms with van der Waals surface area (Å²) in [5.74, 6) is -0.706. The lowest BCUT2D eigenvalue weighted by Crippen LogP contribution is -2.35. The number of esters is 2. The van der Waals surface area contributed by atoms with Crippen molar-refractivity contribution in [3.63, 3.8) is 0 Å². The summed E-state index contributed by atoms with van der Waals surface area (Å²) in [6.45, 7) is 2.67. The molecule has 0 aliphatic heterocycles. The topological polar surface area (TPSA) is 132 Å². The number of carbonyl (C=O) groups excluding carboxylic acids is 2. The number of ether oxygens (including phenoxy) is 5. The Morgan fingerprint density at radius 1 is 0.600 bits per heavy atom. The number of hydrogen-bond acceptors (Lipinski definition) is 9. The van der Waals surface area contributed by atoms with Gasteiger partial charge in [-0.1, -0.05) is 0 Å². The molecule has 2 saturated carbocycles. The van der Waals surface area contributed by atoms with E-state index < -0.39 is 11.1 Å². The number of nitrogens with two attached hydrogens (primary N) is 2. The molecule has 2 fully saturated rings. The first-order chi connectivity index (χ1) is 12.0.